The molecule has 0 saturated heterocycles. The molecule has 0 radical (unpaired) electrons. The molecule has 15 heteroatoms. The summed E-state index contributed by atoms with van der Waals surface area (Å²) in [5, 5.41) is 28.5. The predicted octanol–water partition coefficient (Wildman–Crippen LogP) is 2.41. The Hall–Kier alpha value is -5.79. The molecule has 0 aromatic heterocycles. The van der Waals surface area contributed by atoms with Crippen molar-refractivity contribution in [2.45, 2.75) is 12.8 Å². The molecule has 1 aliphatic carbocycles. The molecular formula is C38H41N3O12. The molecule has 15 nitrogen and oxygen atoms in total. The lowest BCUT2D eigenvalue weighted by Crippen LogP contribution is -2.32. The fourth-order valence-electron chi connectivity index (χ4n) is 5.14. The van der Waals surface area contributed by atoms with Crippen LogP contribution in [0.15, 0.2) is 63.8 Å². The number of nitrogens with one attached hydrogen (secondary N) is 3. The smallest absolute Gasteiger partial charge is 0.336 e. The van der Waals surface area contributed by atoms with E-state index < -0.39 is 17.8 Å². The van der Waals surface area contributed by atoms with Crippen molar-refractivity contribution in [2.75, 3.05) is 72.5 Å². The van der Waals surface area contributed by atoms with Gasteiger partial charge in [-0.25, -0.2) is 4.79 Å². The van der Waals surface area contributed by atoms with Gasteiger partial charge >= 0.3 is 5.97 Å². The Morgan fingerprint density at radius 3 is 2.08 bits per heavy atom. The molecule has 2 aromatic rings. The third-order valence-corrected chi connectivity index (χ3v) is 7.59. The van der Waals surface area contributed by atoms with Crippen molar-refractivity contribution in [1.82, 2.24) is 16.0 Å². The Morgan fingerprint density at radius 1 is 0.736 bits per heavy atom. The van der Waals surface area contributed by atoms with Crippen LogP contribution in [0.25, 0.3) is 33.4 Å². The lowest BCUT2D eigenvalue weighted by Gasteiger charge is -2.17. The Kier molecular flexibility index (Phi) is 15.8. The number of phenols is 1. The van der Waals surface area contributed by atoms with E-state index in [-0.39, 0.29) is 64.9 Å². The first-order chi connectivity index (χ1) is 25.7. The van der Waals surface area contributed by atoms with Gasteiger partial charge in [-0.1, -0.05) is 5.92 Å². The number of amides is 3. The van der Waals surface area contributed by atoms with Crippen LogP contribution in [0, 0.1) is 12.3 Å². The first-order valence-corrected chi connectivity index (χ1v) is 16.8. The number of hydrogen-bond acceptors (Lipinski definition) is 11. The zero-order valence-electron chi connectivity index (χ0n) is 28.9. The number of terminal acetylenes is 1. The molecule has 2 aromatic carbocycles. The number of carbonyl (C=O) groups excluding carboxylic acids is 3. The van der Waals surface area contributed by atoms with Crippen molar-refractivity contribution in [3.63, 3.8) is 0 Å². The summed E-state index contributed by atoms with van der Waals surface area (Å²) in [5.74, 6) is 0.0615. The van der Waals surface area contributed by atoms with Gasteiger partial charge in [-0.05, 0) is 60.9 Å². The minimum absolute atomic E-state index is 0.0530. The number of carboxylic acids is 1. The van der Waals surface area contributed by atoms with E-state index in [4.69, 9.17) is 29.8 Å². The van der Waals surface area contributed by atoms with Crippen LogP contribution in [0.3, 0.4) is 0 Å². The molecule has 0 unspecified atom stereocenters. The lowest BCUT2D eigenvalue weighted by molar-refractivity contribution is -0.130. The minimum atomic E-state index is -1.20. The normalized spacial score (nSPS) is 10.9. The topological polar surface area (TPSA) is 212 Å². The zero-order valence-corrected chi connectivity index (χ0v) is 28.9. The van der Waals surface area contributed by atoms with E-state index in [1.807, 2.05) is 0 Å². The first kappa shape index (κ1) is 40.0. The number of phenolic OH excluding ortho intramolecular Hbond substituents is 1. The molecule has 280 valence electrons. The zero-order chi connectivity index (χ0) is 38.0. The van der Waals surface area contributed by atoms with Crippen LogP contribution in [0.2, 0.25) is 0 Å². The number of aromatic hydroxyl groups is 1. The molecule has 4 rings (SSSR count). The maximum absolute atomic E-state index is 13.1. The van der Waals surface area contributed by atoms with Gasteiger partial charge in [0.05, 0.1) is 38.5 Å². The molecule has 0 bridgehead atoms. The summed E-state index contributed by atoms with van der Waals surface area (Å²) in [4.78, 5) is 60.5. The van der Waals surface area contributed by atoms with Crippen LogP contribution >= 0.6 is 0 Å². The van der Waals surface area contributed by atoms with Crippen LogP contribution in [-0.4, -0.2) is 106 Å². The number of rotatable bonds is 22. The SMILES string of the molecule is C#CCNC(=O)COCC(=O)NCCCOCCOCCOCCCNC(=O)c1ccc(C(=O)O)c(-c2c3ccc(=O)cc-3oc3cc(O)ccc23)c1. The standard InChI is InChI=1S/C38H41N3O12/c1-2-11-39-34(44)23-52-24-35(45)40-12-3-14-49-16-18-51-19-17-50-15-4-13-41-37(46)25-5-8-28(38(47)48)31(20-25)36-29-9-6-26(42)21-32(29)53-33-22-27(43)7-10-30(33)36/h1,5-10,20-22,42H,3-4,11-19,23-24H2,(H,39,44)(H,40,45)(H,41,46)(H,47,48). The Bertz CT molecular complexity index is 1950. The molecule has 0 fully saturated rings. The molecule has 53 heavy (non-hydrogen) atoms. The monoisotopic (exact) mass is 731 g/mol. The van der Waals surface area contributed by atoms with E-state index in [1.54, 1.807) is 12.1 Å². The maximum atomic E-state index is 13.1. The van der Waals surface area contributed by atoms with E-state index in [9.17, 15) is 34.2 Å². The van der Waals surface area contributed by atoms with Gasteiger partial charge in [-0.15, -0.1) is 6.42 Å². The summed E-state index contributed by atoms with van der Waals surface area (Å²) in [6.45, 7) is 2.59. The highest BCUT2D eigenvalue weighted by molar-refractivity contribution is 6.09. The van der Waals surface area contributed by atoms with Crippen LogP contribution in [0.1, 0.15) is 33.6 Å². The Labute approximate surface area is 304 Å². The quantitative estimate of drug-likeness (QED) is 0.0448. The minimum Gasteiger partial charge on any atom is -0.508 e. The molecule has 5 N–H and O–H groups in total. The van der Waals surface area contributed by atoms with Gasteiger partial charge < -0.3 is 49.5 Å². The summed E-state index contributed by atoms with van der Waals surface area (Å²) in [5.41, 5.74) is 1.29. The third-order valence-electron chi connectivity index (χ3n) is 7.59. The van der Waals surface area contributed by atoms with Crippen molar-refractivity contribution in [2.24, 2.45) is 0 Å². The van der Waals surface area contributed by atoms with Crippen LogP contribution in [-0.2, 0) is 28.5 Å². The average molecular weight is 732 g/mol. The second kappa shape index (κ2) is 20.9. The highest BCUT2D eigenvalue weighted by atomic mass is 16.5. The summed E-state index contributed by atoms with van der Waals surface area (Å²) in [6, 6.07) is 12.9. The second-order valence-corrected chi connectivity index (χ2v) is 11.5. The number of ether oxygens (including phenoxy) is 4. The largest absolute Gasteiger partial charge is 0.508 e. The third kappa shape index (κ3) is 12.4. The van der Waals surface area contributed by atoms with Crippen molar-refractivity contribution in [3.8, 4) is 40.5 Å². The van der Waals surface area contributed by atoms with Gasteiger partial charge in [0, 0.05) is 60.5 Å². The average Bonchev–Trinajstić information content (AvgIpc) is 3.14. The summed E-state index contributed by atoms with van der Waals surface area (Å²) < 4.78 is 27.4. The fourth-order valence-corrected chi connectivity index (χ4v) is 5.14. The molecule has 3 amide bonds. The van der Waals surface area contributed by atoms with Gasteiger partial charge in [0.15, 0.2) is 5.43 Å². The fraction of sp³-hybridized carbons (Fsp3) is 0.342. The van der Waals surface area contributed by atoms with E-state index in [2.05, 4.69) is 21.9 Å². The maximum Gasteiger partial charge on any atom is 0.336 e. The van der Waals surface area contributed by atoms with Crippen molar-refractivity contribution >= 4 is 34.7 Å². The van der Waals surface area contributed by atoms with Gasteiger partial charge in [0.1, 0.15) is 30.3 Å². The van der Waals surface area contributed by atoms with Crippen molar-refractivity contribution in [1.29, 1.82) is 0 Å². The Morgan fingerprint density at radius 2 is 1.40 bits per heavy atom. The molecule has 0 spiro atoms. The molecule has 1 heterocycles. The summed E-state index contributed by atoms with van der Waals surface area (Å²) >= 11 is 0. The van der Waals surface area contributed by atoms with Gasteiger partial charge in [-0.3, -0.25) is 19.2 Å². The van der Waals surface area contributed by atoms with E-state index in [0.717, 1.165) is 0 Å². The van der Waals surface area contributed by atoms with Crippen molar-refractivity contribution < 1.29 is 52.8 Å². The summed E-state index contributed by atoms with van der Waals surface area (Å²) in [6.07, 6.45) is 6.16. The molecule has 2 aliphatic rings. The molecule has 0 saturated carbocycles. The molecule has 0 atom stereocenters. The number of carbonyl (C=O) groups is 4. The number of benzene rings is 3. The molecular weight excluding hydrogens is 690 g/mol. The summed E-state index contributed by atoms with van der Waals surface area (Å²) in [7, 11) is 0. The second-order valence-electron chi connectivity index (χ2n) is 11.5. The van der Waals surface area contributed by atoms with E-state index in [1.165, 1.54) is 42.5 Å². The number of fused-ring (bicyclic) bond motifs is 2. The Balaban J connectivity index is 1.13. The lowest BCUT2D eigenvalue weighted by atomic mass is 9.89. The number of aromatic carboxylic acids is 1. The van der Waals surface area contributed by atoms with Crippen LogP contribution in [0.5, 0.6) is 5.75 Å². The highest BCUT2D eigenvalue weighted by Crippen LogP contribution is 2.42. The van der Waals surface area contributed by atoms with Crippen LogP contribution < -0.4 is 21.4 Å². The van der Waals surface area contributed by atoms with E-state index >= 15 is 0 Å². The predicted molar refractivity (Wildman–Crippen MR) is 193 cm³/mol. The highest BCUT2D eigenvalue weighted by Gasteiger charge is 2.23. The van der Waals surface area contributed by atoms with Gasteiger partial charge in [0.25, 0.3) is 5.91 Å². The van der Waals surface area contributed by atoms with Crippen molar-refractivity contribution in [3.05, 3.63) is 75.9 Å². The number of carboxylic acid groups (broad SMARTS) is 1. The number of hydrogen-bond donors (Lipinski definition) is 5. The van der Waals surface area contributed by atoms with Gasteiger partial charge in [-0.2, -0.15) is 0 Å². The molecule has 1 aliphatic heterocycles. The first-order valence-electron chi connectivity index (χ1n) is 16.8. The van der Waals surface area contributed by atoms with Gasteiger partial charge in [0.2, 0.25) is 11.8 Å². The van der Waals surface area contributed by atoms with Crippen LogP contribution in [0.4, 0.5) is 0 Å². The van der Waals surface area contributed by atoms with E-state index in [0.29, 0.717) is 82.1 Å².